The van der Waals surface area contributed by atoms with E-state index in [0.29, 0.717) is 0 Å². The van der Waals surface area contributed by atoms with Gasteiger partial charge in [-0.1, -0.05) is 0 Å². The molecule has 0 unspecified atom stereocenters. The molecule has 0 aliphatic heterocycles. The van der Waals surface area contributed by atoms with Crippen molar-refractivity contribution in [2.24, 2.45) is 0 Å². The highest BCUT2D eigenvalue weighted by Gasteiger charge is 2.32. The molecular weight excluding hydrogens is 560 g/mol. The number of aliphatic carboxylic acids is 2. The second-order valence-electron chi connectivity index (χ2n) is 8.57. The van der Waals surface area contributed by atoms with Gasteiger partial charge < -0.3 is 43.4 Å². The van der Waals surface area contributed by atoms with Crippen LogP contribution in [-0.2, 0) is 71.5 Å². The molecule has 0 radical (unpaired) electrons. The lowest BCUT2D eigenvalue weighted by Crippen LogP contribution is -2.39. The van der Waals surface area contributed by atoms with Gasteiger partial charge in [-0.3, -0.25) is 0 Å². The summed E-state index contributed by atoms with van der Waals surface area (Å²) in [4.78, 5) is 93.8. The molecule has 8 atom stereocenters. The Hall–Kier alpha value is -4.28. The number of carbonyl (C=O) groups excluding carboxylic acids is 6. The van der Waals surface area contributed by atoms with Crippen molar-refractivity contribution in [2.45, 2.75) is 104 Å². The van der Waals surface area contributed by atoms with Crippen LogP contribution in [0, 0.1) is 0 Å². The third kappa shape index (κ3) is 13.1. The maximum absolute atomic E-state index is 12.3. The van der Waals surface area contributed by atoms with Crippen molar-refractivity contribution in [3.05, 3.63) is 0 Å². The molecule has 232 valence electrons. The molecule has 17 heteroatoms. The van der Waals surface area contributed by atoms with Crippen molar-refractivity contribution in [2.75, 3.05) is 0 Å². The Kier molecular flexibility index (Phi) is 15.0. The second kappa shape index (κ2) is 16.7. The highest BCUT2D eigenvalue weighted by Crippen LogP contribution is 2.10. The van der Waals surface area contributed by atoms with E-state index in [9.17, 15) is 38.4 Å². The Morgan fingerprint density at radius 2 is 0.512 bits per heavy atom. The second-order valence-corrected chi connectivity index (χ2v) is 8.57. The first-order valence-corrected chi connectivity index (χ1v) is 12.1. The van der Waals surface area contributed by atoms with E-state index in [2.05, 4.69) is 9.47 Å². The zero-order valence-corrected chi connectivity index (χ0v) is 23.6. The molecule has 2 N–H and O–H groups in total. The van der Waals surface area contributed by atoms with E-state index in [-0.39, 0.29) is 0 Å². The van der Waals surface area contributed by atoms with E-state index in [1.54, 1.807) is 0 Å². The van der Waals surface area contributed by atoms with Crippen molar-refractivity contribution >= 4 is 47.8 Å². The van der Waals surface area contributed by atoms with Gasteiger partial charge in [-0.2, -0.15) is 0 Å². The smallest absolute Gasteiger partial charge is 0.347 e. The number of carboxylic acid groups (broad SMARTS) is 2. The van der Waals surface area contributed by atoms with E-state index in [4.69, 9.17) is 33.9 Å². The normalized spacial score (nSPS) is 16.6. The standard InChI is InChI=1S/C24H34O17/c1-9(17(25)26)36-21(31)13(5)40-23(33)15(7)38-19(29)11(3)35-12(4)20(30)39-16(8)24(34)41-14(6)22(32)37-10(2)18(27)28/h9-16H,1-8H3,(H,25,26)(H,27,28)/t9-,10-,11-,12-,13-,14-,15-,16-/m0/s1. The fourth-order valence-corrected chi connectivity index (χ4v) is 2.33. The van der Waals surface area contributed by atoms with Crippen LogP contribution < -0.4 is 0 Å². The first-order valence-electron chi connectivity index (χ1n) is 12.1. The minimum absolute atomic E-state index is 1.09. The van der Waals surface area contributed by atoms with E-state index in [0.717, 1.165) is 41.5 Å². The van der Waals surface area contributed by atoms with Crippen molar-refractivity contribution in [1.82, 2.24) is 0 Å². The van der Waals surface area contributed by atoms with Crippen molar-refractivity contribution in [1.29, 1.82) is 0 Å². The van der Waals surface area contributed by atoms with Crippen molar-refractivity contribution < 1.29 is 81.7 Å². The number of rotatable bonds is 16. The molecule has 0 heterocycles. The van der Waals surface area contributed by atoms with Gasteiger partial charge in [0.1, 0.15) is 0 Å². The van der Waals surface area contributed by atoms with E-state index < -0.39 is 96.6 Å². The predicted octanol–water partition coefficient (Wildman–Crippen LogP) is -0.461. The molecule has 0 aliphatic carbocycles. The summed E-state index contributed by atoms with van der Waals surface area (Å²) in [6.07, 6.45) is -11.9. The zero-order chi connectivity index (χ0) is 32.2. The maximum Gasteiger partial charge on any atom is 0.347 e. The van der Waals surface area contributed by atoms with Gasteiger partial charge in [-0.25, -0.2) is 38.4 Å². The molecule has 0 fully saturated rings. The molecule has 0 aliphatic rings. The van der Waals surface area contributed by atoms with Crippen LogP contribution in [0.15, 0.2) is 0 Å². The lowest BCUT2D eigenvalue weighted by molar-refractivity contribution is -0.188. The van der Waals surface area contributed by atoms with E-state index in [1.807, 2.05) is 0 Å². The van der Waals surface area contributed by atoms with Crippen LogP contribution in [0.25, 0.3) is 0 Å². The summed E-state index contributed by atoms with van der Waals surface area (Å²) >= 11 is 0. The quantitative estimate of drug-likeness (QED) is 0.170. The van der Waals surface area contributed by atoms with Gasteiger partial charge in [0.25, 0.3) is 0 Å². The topological polar surface area (TPSA) is 242 Å². The number of carbonyl (C=O) groups is 8. The summed E-state index contributed by atoms with van der Waals surface area (Å²) in [6, 6.07) is 0. The molecule has 0 saturated heterocycles. The molecule has 17 nitrogen and oxygen atoms in total. The highest BCUT2D eigenvalue weighted by atomic mass is 16.7. The van der Waals surface area contributed by atoms with Crippen LogP contribution in [-0.4, -0.2) is 107 Å². The summed E-state index contributed by atoms with van der Waals surface area (Å²) in [5, 5.41) is 17.5. The molecule has 0 aromatic carbocycles. The Bertz CT molecular complexity index is 926. The summed E-state index contributed by atoms with van der Waals surface area (Å²) in [5.74, 6) is -9.66. The largest absolute Gasteiger partial charge is 0.479 e. The SMILES string of the molecule is C[C@H](OC(=O)[C@H](C)OC(=O)[C@H](C)OC(=O)[C@H](C)O[C@@H](C)C(=O)O[C@@H](C)C(=O)O[C@@H](C)C(=O)O[C@@H](C)C(=O)O)C(=O)O. The number of carboxylic acids is 2. The minimum atomic E-state index is -1.54. The highest BCUT2D eigenvalue weighted by molar-refractivity contribution is 5.86. The Balaban J connectivity index is 4.76. The van der Waals surface area contributed by atoms with Crippen molar-refractivity contribution in [3.63, 3.8) is 0 Å². The third-order valence-electron chi connectivity index (χ3n) is 4.85. The summed E-state index contributed by atoms with van der Waals surface area (Å²) < 4.78 is 33.7. The predicted molar refractivity (Wildman–Crippen MR) is 129 cm³/mol. The zero-order valence-electron chi connectivity index (χ0n) is 23.6. The van der Waals surface area contributed by atoms with Crippen molar-refractivity contribution in [3.8, 4) is 0 Å². The molecule has 0 saturated carbocycles. The van der Waals surface area contributed by atoms with Gasteiger partial charge >= 0.3 is 47.8 Å². The minimum Gasteiger partial charge on any atom is -0.479 e. The van der Waals surface area contributed by atoms with Crippen LogP contribution in [0.5, 0.6) is 0 Å². The molecule has 0 amide bonds. The fourth-order valence-electron chi connectivity index (χ4n) is 2.33. The maximum atomic E-state index is 12.3. The van der Waals surface area contributed by atoms with Gasteiger partial charge in [-0.05, 0) is 55.4 Å². The lowest BCUT2D eigenvalue weighted by atomic mass is 10.3. The van der Waals surface area contributed by atoms with Gasteiger partial charge in [0.2, 0.25) is 0 Å². The molecule has 0 spiro atoms. The van der Waals surface area contributed by atoms with Gasteiger partial charge in [0.15, 0.2) is 48.8 Å². The Morgan fingerprint density at radius 1 is 0.341 bits per heavy atom. The van der Waals surface area contributed by atoms with Gasteiger partial charge in [0.05, 0.1) is 0 Å². The third-order valence-corrected chi connectivity index (χ3v) is 4.85. The number of hydrogen-bond acceptors (Lipinski definition) is 15. The molecular formula is C24H34O17. The molecule has 0 rings (SSSR count). The van der Waals surface area contributed by atoms with Crippen LogP contribution in [0.2, 0.25) is 0 Å². The first kappa shape index (κ1) is 36.7. The lowest BCUT2D eigenvalue weighted by Gasteiger charge is -2.21. The van der Waals surface area contributed by atoms with Crippen LogP contribution >= 0.6 is 0 Å². The van der Waals surface area contributed by atoms with Gasteiger partial charge in [-0.15, -0.1) is 0 Å². The average Bonchev–Trinajstić information content (AvgIpc) is 2.87. The van der Waals surface area contributed by atoms with Crippen LogP contribution in [0.3, 0.4) is 0 Å². The Morgan fingerprint density at radius 3 is 0.707 bits per heavy atom. The number of hydrogen-bond donors (Lipinski definition) is 2. The number of esters is 6. The number of ether oxygens (including phenoxy) is 7. The van der Waals surface area contributed by atoms with Gasteiger partial charge in [0, 0.05) is 0 Å². The average molecular weight is 595 g/mol. The van der Waals surface area contributed by atoms with Crippen LogP contribution in [0.4, 0.5) is 0 Å². The summed E-state index contributed by atoms with van der Waals surface area (Å²) in [5.41, 5.74) is 0. The molecule has 0 aromatic heterocycles. The molecule has 0 bridgehead atoms. The summed E-state index contributed by atoms with van der Waals surface area (Å²) in [6.45, 7) is 9.02. The first-order chi connectivity index (χ1) is 18.8. The molecule has 41 heavy (non-hydrogen) atoms. The fraction of sp³-hybridized carbons (Fsp3) is 0.667. The van der Waals surface area contributed by atoms with E-state index >= 15 is 0 Å². The van der Waals surface area contributed by atoms with E-state index in [1.165, 1.54) is 13.8 Å². The molecule has 0 aromatic rings. The Labute approximate surface area is 234 Å². The monoisotopic (exact) mass is 594 g/mol. The van der Waals surface area contributed by atoms with Crippen LogP contribution in [0.1, 0.15) is 55.4 Å². The summed E-state index contributed by atoms with van der Waals surface area (Å²) in [7, 11) is 0.